The molecule has 0 aromatic rings. The molecule has 8 aliphatic rings. The first-order valence-electron chi connectivity index (χ1n) is 24.8. The van der Waals surface area contributed by atoms with Crippen molar-refractivity contribution >= 4 is 11.8 Å². The Kier molecular flexibility index (Phi) is 12.3. The number of aliphatic hydroxyl groups is 4. The maximum Gasteiger partial charge on any atom is 0.220 e. The van der Waals surface area contributed by atoms with E-state index in [0.29, 0.717) is 96.9 Å². The van der Waals surface area contributed by atoms with Crippen LogP contribution in [0, 0.1) is 92.7 Å². The summed E-state index contributed by atoms with van der Waals surface area (Å²) in [5.41, 5.74) is 0.301. The number of fused-ring (bicyclic) bond motifs is 10. The van der Waals surface area contributed by atoms with E-state index in [9.17, 15) is 30.0 Å². The Morgan fingerprint density at radius 1 is 0.534 bits per heavy atom. The smallest absolute Gasteiger partial charge is 0.220 e. The SMILES string of the molecule is C[C@H](CCC(=O)NCCNC(=O)CC[C@H](C)[C@H]1CCC2C3CCC4C[C@H](O)CC[C@]4(C)C3C[C@@H](O)[C@@]21C)[C@H]1CCC2C3CCC4C[C@H](O)CC[C@]4(C)C3C[C@@H](O)[C@@]21C. The second-order valence-electron chi connectivity index (χ2n) is 23.5. The minimum Gasteiger partial charge on any atom is -0.393 e. The lowest BCUT2D eigenvalue weighted by Gasteiger charge is -2.62. The maximum atomic E-state index is 13.0. The van der Waals surface area contributed by atoms with Crippen molar-refractivity contribution < 1.29 is 30.0 Å². The predicted molar refractivity (Wildman–Crippen MR) is 228 cm³/mol. The van der Waals surface area contributed by atoms with Gasteiger partial charge in [-0.2, -0.15) is 0 Å². The number of nitrogens with one attached hydrogen (secondary N) is 2. The summed E-state index contributed by atoms with van der Waals surface area (Å²) in [5.74, 6) is 6.39. The first-order chi connectivity index (χ1) is 27.5. The molecule has 8 heteroatoms. The molecular formula is C50H84N2O6. The van der Waals surface area contributed by atoms with Gasteiger partial charge in [0, 0.05) is 25.9 Å². The number of hydrogen-bond acceptors (Lipinski definition) is 6. The maximum absolute atomic E-state index is 13.0. The Bertz CT molecular complexity index is 1380. The molecule has 0 aromatic heterocycles. The molecular weight excluding hydrogens is 725 g/mol. The summed E-state index contributed by atoms with van der Waals surface area (Å²) in [4.78, 5) is 26.0. The first-order valence-corrected chi connectivity index (χ1v) is 24.8. The van der Waals surface area contributed by atoms with Crippen LogP contribution in [0.3, 0.4) is 0 Å². The molecule has 8 nitrogen and oxygen atoms in total. The van der Waals surface area contributed by atoms with Crippen molar-refractivity contribution in [3.63, 3.8) is 0 Å². The molecule has 0 spiro atoms. The topological polar surface area (TPSA) is 139 Å². The lowest BCUT2D eigenvalue weighted by atomic mass is 9.43. The molecule has 20 atom stereocenters. The van der Waals surface area contributed by atoms with Crippen LogP contribution >= 0.6 is 0 Å². The van der Waals surface area contributed by atoms with Crippen molar-refractivity contribution in [1.29, 1.82) is 0 Å². The van der Waals surface area contributed by atoms with Crippen molar-refractivity contribution in [2.24, 2.45) is 92.7 Å². The fourth-order valence-corrected chi connectivity index (χ4v) is 18.0. The molecule has 8 saturated carbocycles. The van der Waals surface area contributed by atoms with E-state index in [1.54, 1.807) is 0 Å². The first kappa shape index (κ1) is 43.4. The Morgan fingerprint density at radius 3 is 1.33 bits per heavy atom. The molecule has 330 valence electrons. The zero-order valence-corrected chi connectivity index (χ0v) is 37.4. The lowest BCUT2D eigenvalue weighted by Crippen LogP contribution is -2.58. The Morgan fingerprint density at radius 2 is 0.931 bits per heavy atom. The van der Waals surface area contributed by atoms with Crippen molar-refractivity contribution in [2.45, 2.75) is 194 Å². The quantitative estimate of drug-likeness (QED) is 0.117. The normalized spacial score (nSPS) is 50.5. The summed E-state index contributed by atoms with van der Waals surface area (Å²) < 4.78 is 0. The van der Waals surface area contributed by atoms with Crippen LogP contribution in [0.15, 0.2) is 0 Å². The molecule has 0 aliphatic heterocycles. The Balaban J connectivity index is 0.751. The van der Waals surface area contributed by atoms with E-state index in [1.807, 2.05) is 0 Å². The van der Waals surface area contributed by atoms with Crippen LogP contribution < -0.4 is 10.6 Å². The van der Waals surface area contributed by atoms with Gasteiger partial charge in [0.15, 0.2) is 0 Å². The van der Waals surface area contributed by atoms with E-state index in [1.165, 1.54) is 38.5 Å². The van der Waals surface area contributed by atoms with E-state index in [2.05, 4.69) is 52.2 Å². The van der Waals surface area contributed by atoms with Crippen molar-refractivity contribution in [2.75, 3.05) is 13.1 Å². The second-order valence-corrected chi connectivity index (χ2v) is 23.5. The predicted octanol–water partition coefficient (Wildman–Crippen LogP) is 8.03. The van der Waals surface area contributed by atoms with Gasteiger partial charge in [-0.25, -0.2) is 0 Å². The molecule has 0 aromatic carbocycles. The number of carbonyl (C=O) groups is 2. The highest BCUT2D eigenvalue weighted by Gasteiger charge is 2.65. The molecule has 0 saturated heterocycles. The number of amides is 2. The number of carbonyl (C=O) groups excluding carboxylic acids is 2. The number of hydrogen-bond donors (Lipinski definition) is 6. The van der Waals surface area contributed by atoms with Gasteiger partial charge in [0.25, 0.3) is 0 Å². The third kappa shape index (κ3) is 7.25. The summed E-state index contributed by atoms with van der Waals surface area (Å²) in [7, 11) is 0. The fourth-order valence-electron chi connectivity index (χ4n) is 18.0. The molecule has 8 unspecified atom stereocenters. The molecule has 8 rings (SSSR count). The van der Waals surface area contributed by atoms with Gasteiger partial charge in [-0.3, -0.25) is 9.59 Å². The van der Waals surface area contributed by atoms with Gasteiger partial charge in [-0.05, 0) is 208 Å². The summed E-state index contributed by atoms with van der Waals surface area (Å²) in [6, 6.07) is 0. The minimum atomic E-state index is -0.303. The third-order valence-electron chi connectivity index (χ3n) is 21.4. The average Bonchev–Trinajstić information content (AvgIpc) is 3.75. The van der Waals surface area contributed by atoms with Crippen LogP contribution in [-0.4, -0.2) is 69.7 Å². The summed E-state index contributed by atoms with van der Waals surface area (Å²) in [6.07, 6.45) is 18.9. The van der Waals surface area contributed by atoms with Gasteiger partial charge in [-0.15, -0.1) is 0 Å². The molecule has 8 fully saturated rings. The standard InChI is InChI=1S/C50H84N2O6/c1-29(37-13-15-39-35-11-9-31-25-33(53)19-21-47(31,3)41(35)27-43(55)49(37,39)5)7-17-45(57)51-23-24-52-46(58)18-8-30(2)38-14-16-40-36-12-10-32-26-34(54)20-22-48(32,4)42(36)28-44(56)50(38,40)6/h29-44,53-56H,7-28H2,1-6H3,(H,51,57)(H,52,58)/t29-,30+,31?,32?,33-,34-,35?,36?,37-,38-,39?,40?,41?,42?,43-,44-,47+,48+,49-,50-/m1/s1. The Hall–Kier alpha value is -1.22. The van der Waals surface area contributed by atoms with Gasteiger partial charge in [0.05, 0.1) is 24.4 Å². The summed E-state index contributed by atoms with van der Waals surface area (Å²) in [6.45, 7) is 15.2. The van der Waals surface area contributed by atoms with Crippen LogP contribution in [-0.2, 0) is 9.59 Å². The largest absolute Gasteiger partial charge is 0.393 e. The molecule has 0 radical (unpaired) electrons. The zero-order valence-electron chi connectivity index (χ0n) is 37.4. The van der Waals surface area contributed by atoms with Gasteiger partial charge < -0.3 is 31.1 Å². The fraction of sp³-hybridized carbons (Fsp3) is 0.960. The average molecular weight is 809 g/mol. The van der Waals surface area contributed by atoms with Crippen molar-refractivity contribution in [3.05, 3.63) is 0 Å². The molecule has 0 heterocycles. The van der Waals surface area contributed by atoms with E-state index in [-0.39, 0.29) is 57.9 Å². The van der Waals surface area contributed by atoms with Crippen LogP contribution in [0.2, 0.25) is 0 Å². The van der Waals surface area contributed by atoms with Gasteiger partial charge in [-0.1, -0.05) is 41.5 Å². The minimum absolute atomic E-state index is 0.0466. The van der Waals surface area contributed by atoms with Crippen LogP contribution in [0.4, 0.5) is 0 Å². The van der Waals surface area contributed by atoms with E-state index in [4.69, 9.17) is 0 Å². The summed E-state index contributed by atoms with van der Waals surface area (Å²) >= 11 is 0. The van der Waals surface area contributed by atoms with Gasteiger partial charge in [0.1, 0.15) is 0 Å². The molecule has 8 aliphatic carbocycles. The van der Waals surface area contributed by atoms with E-state index in [0.717, 1.165) is 77.0 Å². The van der Waals surface area contributed by atoms with Crippen molar-refractivity contribution in [1.82, 2.24) is 10.6 Å². The van der Waals surface area contributed by atoms with Gasteiger partial charge in [0.2, 0.25) is 11.8 Å². The third-order valence-corrected chi connectivity index (χ3v) is 21.4. The van der Waals surface area contributed by atoms with Gasteiger partial charge >= 0.3 is 0 Å². The second kappa shape index (κ2) is 16.5. The highest BCUT2D eigenvalue weighted by Crippen LogP contribution is 2.70. The molecule has 6 N–H and O–H groups in total. The summed E-state index contributed by atoms with van der Waals surface area (Å²) in [5, 5.41) is 50.8. The van der Waals surface area contributed by atoms with Crippen molar-refractivity contribution in [3.8, 4) is 0 Å². The zero-order chi connectivity index (χ0) is 41.4. The number of rotatable bonds is 11. The molecule has 2 amide bonds. The highest BCUT2D eigenvalue weighted by molar-refractivity contribution is 5.77. The number of aliphatic hydroxyl groups excluding tert-OH is 4. The molecule has 0 bridgehead atoms. The van der Waals surface area contributed by atoms with Crippen LogP contribution in [0.5, 0.6) is 0 Å². The highest BCUT2D eigenvalue weighted by atomic mass is 16.3. The van der Waals surface area contributed by atoms with Crippen LogP contribution in [0.25, 0.3) is 0 Å². The monoisotopic (exact) mass is 809 g/mol. The van der Waals surface area contributed by atoms with E-state index >= 15 is 0 Å². The molecule has 58 heavy (non-hydrogen) atoms. The Labute approximate surface area is 351 Å². The van der Waals surface area contributed by atoms with E-state index < -0.39 is 0 Å². The lowest BCUT2D eigenvalue weighted by molar-refractivity contribution is -0.175. The van der Waals surface area contributed by atoms with Crippen LogP contribution in [0.1, 0.15) is 170 Å².